The summed E-state index contributed by atoms with van der Waals surface area (Å²) in [7, 11) is 0. The number of carbonyl (C=O) groups is 1. The maximum atomic E-state index is 12.4. The molecule has 0 spiro atoms. The second kappa shape index (κ2) is 5.29. The average Bonchev–Trinajstić information content (AvgIpc) is 3.02. The minimum Gasteiger partial charge on any atom is -0.444 e. The molecule has 1 N–H and O–H groups in total. The van der Waals surface area contributed by atoms with E-state index in [0.29, 0.717) is 0 Å². The Labute approximate surface area is 124 Å². The number of likely N-dealkylation sites (tertiary alicyclic amines) is 1. The third-order valence-corrected chi connectivity index (χ3v) is 3.83. The van der Waals surface area contributed by atoms with E-state index in [1.165, 1.54) is 0 Å². The van der Waals surface area contributed by atoms with Crippen molar-refractivity contribution in [3.05, 3.63) is 11.6 Å². The van der Waals surface area contributed by atoms with Crippen molar-refractivity contribution in [2.45, 2.75) is 58.3 Å². The van der Waals surface area contributed by atoms with Crippen molar-refractivity contribution >= 4 is 6.09 Å². The van der Waals surface area contributed by atoms with Crippen LogP contribution in [0.2, 0.25) is 0 Å². The molecule has 3 rings (SSSR count). The molecular formula is C14H23N5O2. The zero-order valence-corrected chi connectivity index (χ0v) is 12.9. The number of aromatic nitrogens is 3. The van der Waals surface area contributed by atoms with E-state index in [-0.39, 0.29) is 12.1 Å². The van der Waals surface area contributed by atoms with E-state index in [4.69, 9.17) is 4.74 Å². The number of hydrogen-bond acceptors (Lipinski definition) is 5. The van der Waals surface area contributed by atoms with E-state index < -0.39 is 5.60 Å². The predicted molar refractivity (Wildman–Crippen MR) is 76.6 cm³/mol. The zero-order chi connectivity index (χ0) is 15.0. The van der Waals surface area contributed by atoms with E-state index >= 15 is 0 Å². The Bertz CT molecular complexity index is 534. The Balaban J connectivity index is 1.81. The fraction of sp³-hybridized carbons (Fsp3) is 0.786. The van der Waals surface area contributed by atoms with Crippen LogP contribution >= 0.6 is 0 Å². The third kappa shape index (κ3) is 2.88. The molecule has 1 atom stereocenters. The van der Waals surface area contributed by atoms with Gasteiger partial charge in [-0.05, 0) is 33.6 Å². The van der Waals surface area contributed by atoms with E-state index in [1.807, 2.05) is 20.8 Å². The fourth-order valence-electron chi connectivity index (χ4n) is 2.94. The lowest BCUT2D eigenvalue weighted by Crippen LogP contribution is -2.38. The third-order valence-electron chi connectivity index (χ3n) is 3.83. The minimum absolute atomic E-state index is 0.0146. The van der Waals surface area contributed by atoms with Gasteiger partial charge in [-0.2, -0.15) is 0 Å². The van der Waals surface area contributed by atoms with Gasteiger partial charge in [0.05, 0.1) is 12.6 Å². The smallest absolute Gasteiger partial charge is 0.410 e. The van der Waals surface area contributed by atoms with Crippen LogP contribution in [-0.2, 0) is 17.8 Å². The number of carbonyl (C=O) groups excluding carboxylic acids is 1. The lowest BCUT2D eigenvalue weighted by Gasteiger charge is -2.28. The molecule has 1 aromatic rings. The Morgan fingerprint density at radius 3 is 2.90 bits per heavy atom. The van der Waals surface area contributed by atoms with E-state index in [0.717, 1.165) is 50.7 Å². The highest BCUT2D eigenvalue weighted by atomic mass is 16.6. The summed E-state index contributed by atoms with van der Waals surface area (Å²) in [5, 5.41) is 11.9. The first-order valence-electron chi connectivity index (χ1n) is 7.58. The molecule has 21 heavy (non-hydrogen) atoms. The number of ether oxygens (including phenoxy) is 1. The second-order valence-electron chi connectivity index (χ2n) is 6.63. The molecule has 0 aromatic carbocycles. The van der Waals surface area contributed by atoms with Gasteiger partial charge >= 0.3 is 6.09 Å². The lowest BCUT2D eigenvalue weighted by molar-refractivity contribution is 0.0215. The molecule has 0 saturated carbocycles. The number of fused-ring (bicyclic) bond motifs is 1. The SMILES string of the molecule is CC(C)(C)OC(=O)N1CCCC1c1nnc2n1CCNC2. The molecule has 0 bridgehead atoms. The van der Waals surface area contributed by atoms with Crippen LogP contribution in [0.5, 0.6) is 0 Å². The van der Waals surface area contributed by atoms with E-state index in [2.05, 4.69) is 20.1 Å². The van der Waals surface area contributed by atoms with Gasteiger partial charge in [0.1, 0.15) is 11.4 Å². The molecule has 1 fully saturated rings. The highest BCUT2D eigenvalue weighted by molar-refractivity contribution is 5.69. The first kappa shape index (κ1) is 14.3. The topological polar surface area (TPSA) is 72.3 Å². The van der Waals surface area contributed by atoms with Gasteiger partial charge in [-0.3, -0.25) is 4.90 Å². The van der Waals surface area contributed by atoms with Crippen molar-refractivity contribution in [3.8, 4) is 0 Å². The van der Waals surface area contributed by atoms with Gasteiger partial charge in [-0.1, -0.05) is 0 Å². The van der Waals surface area contributed by atoms with Crippen LogP contribution in [0, 0.1) is 0 Å². The molecule has 2 aliphatic rings. The zero-order valence-electron chi connectivity index (χ0n) is 12.9. The Morgan fingerprint density at radius 1 is 1.33 bits per heavy atom. The van der Waals surface area contributed by atoms with Gasteiger partial charge in [-0.15, -0.1) is 10.2 Å². The highest BCUT2D eigenvalue weighted by Gasteiger charge is 2.36. The number of amides is 1. The first-order chi connectivity index (χ1) is 9.96. The molecule has 1 aromatic heterocycles. The van der Waals surface area contributed by atoms with Crippen molar-refractivity contribution in [3.63, 3.8) is 0 Å². The summed E-state index contributed by atoms with van der Waals surface area (Å²) in [5.41, 5.74) is -0.474. The minimum atomic E-state index is -0.474. The van der Waals surface area contributed by atoms with Crippen LogP contribution in [-0.4, -0.2) is 44.4 Å². The molecule has 0 aliphatic carbocycles. The van der Waals surface area contributed by atoms with E-state index in [9.17, 15) is 4.79 Å². The van der Waals surface area contributed by atoms with Crippen LogP contribution in [0.15, 0.2) is 0 Å². The fourth-order valence-corrected chi connectivity index (χ4v) is 2.94. The summed E-state index contributed by atoms with van der Waals surface area (Å²) in [5.74, 6) is 1.85. The van der Waals surface area contributed by atoms with Crippen molar-refractivity contribution in [1.29, 1.82) is 0 Å². The standard InChI is InChI=1S/C14H23N5O2/c1-14(2,3)21-13(20)18-7-4-5-10(18)12-17-16-11-9-15-6-8-19(11)12/h10,15H,4-9H2,1-3H3. The monoisotopic (exact) mass is 293 g/mol. The van der Waals surface area contributed by atoms with Gasteiger partial charge in [0.15, 0.2) is 5.82 Å². The largest absolute Gasteiger partial charge is 0.444 e. The van der Waals surface area contributed by atoms with E-state index in [1.54, 1.807) is 4.90 Å². The summed E-state index contributed by atoms with van der Waals surface area (Å²) in [6.45, 7) is 8.90. The van der Waals surface area contributed by atoms with Crippen LogP contribution in [0.1, 0.15) is 51.3 Å². The Kier molecular flexibility index (Phi) is 3.61. The number of hydrogen-bond donors (Lipinski definition) is 1. The molecule has 1 saturated heterocycles. The average molecular weight is 293 g/mol. The van der Waals surface area contributed by atoms with Crippen molar-refractivity contribution in [1.82, 2.24) is 25.0 Å². The first-order valence-corrected chi connectivity index (χ1v) is 7.58. The summed E-state index contributed by atoms with van der Waals surface area (Å²) in [6, 6.07) is -0.0146. The lowest BCUT2D eigenvalue weighted by atomic mass is 10.2. The van der Waals surface area contributed by atoms with Crippen molar-refractivity contribution in [2.75, 3.05) is 13.1 Å². The number of nitrogens with zero attached hydrogens (tertiary/aromatic N) is 4. The highest BCUT2D eigenvalue weighted by Crippen LogP contribution is 2.32. The number of rotatable bonds is 1. The number of nitrogens with one attached hydrogen (secondary N) is 1. The molecule has 7 nitrogen and oxygen atoms in total. The Hall–Kier alpha value is -1.63. The quantitative estimate of drug-likeness (QED) is 0.848. The van der Waals surface area contributed by atoms with Crippen molar-refractivity contribution < 1.29 is 9.53 Å². The van der Waals surface area contributed by atoms with Gasteiger partial charge in [0, 0.05) is 19.6 Å². The summed E-state index contributed by atoms with van der Waals surface area (Å²) < 4.78 is 7.65. The van der Waals surface area contributed by atoms with Crippen LogP contribution in [0.3, 0.4) is 0 Å². The molecule has 7 heteroatoms. The van der Waals surface area contributed by atoms with Gasteiger partial charge in [0.25, 0.3) is 0 Å². The Morgan fingerprint density at radius 2 is 2.14 bits per heavy atom. The summed E-state index contributed by atoms with van der Waals surface area (Å²) in [4.78, 5) is 14.2. The maximum absolute atomic E-state index is 12.4. The van der Waals surface area contributed by atoms with Crippen LogP contribution < -0.4 is 5.32 Å². The predicted octanol–water partition coefficient (Wildman–Crippen LogP) is 1.45. The second-order valence-corrected chi connectivity index (χ2v) is 6.63. The molecule has 3 heterocycles. The van der Waals surface area contributed by atoms with Gasteiger partial charge in [0.2, 0.25) is 0 Å². The molecule has 2 aliphatic heterocycles. The van der Waals surface area contributed by atoms with Crippen molar-refractivity contribution in [2.24, 2.45) is 0 Å². The summed E-state index contributed by atoms with van der Waals surface area (Å²) in [6.07, 6.45) is 1.64. The molecular weight excluding hydrogens is 270 g/mol. The molecule has 1 amide bonds. The maximum Gasteiger partial charge on any atom is 0.410 e. The van der Waals surface area contributed by atoms with Crippen LogP contribution in [0.25, 0.3) is 0 Å². The van der Waals surface area contributed by atoms with Gasteiger partial charge in [-0.25, -0.2) is 4.79 Å². The van der Waals surface area contributed by atoms with Gasteiger partial charge < -0.3 is 14.6 Å². The molecule has 116 valence electrons. The summed E-state index contributed by atoms with van der Waals surface area (Å²) >= 11 is 0. The van der Waals surface area contributed by atoms with Crippen LogP contribution in [0.4, 0.5) is 4.79 Å². The molecule has 1 unspecified atom stereocenters. The normalized spacial score (nSPS) is 22.2. The molecule has 0 radical (unpaired) electrons.